The monoisotopic (exact) mass is 540 g/mol. The number of benzene rings is 2. The van der Waals surface area contributed by atoms with E-state index in [1.54, 1.807) is 26.3 Å². The summed E-state index contributed by atoms with van der Waals surface area (Å²) in [6.45, 7) is 4.46. The molecule has 8 heteroatoms. The molecular formula is C23H33IN4O3. The number of nitrogens with zero attached hydrogens (tertiary/aromatic N) is 1. The molecule has 7 nitrogen and oxygen atoms in total. The van der Waals surface area contributed by atoms with E-state index in [0.29, 0.717) is 31.2 Å². The van der Waals surface area contributed by atoms with Gasteiger partial charge in [-0.2, -0.15) is 0 Å². The Morgan fingerprint density at radius 1 is 0.968 bits per heavy atom. The van der Waals surface area contributed by atoms with Crippen molar-refractivity contribution in [1.29, 1.82) is 0 Å². The van der Waals surface area contributed by atoms with Gasteiger partial charge in [0, 0.05) is 32.2 Å². The van der Waals surface area contributed by atoms with E-state index in [2.05, 4.69) is 27.0 Å². The highest BCUT2D eigenvalue weighted by Crippen LogP contribution is 2.28. The molecule has 0 heterocycles. The minimum absolute atomic E-state index is 0. The number of ether oxygens (including phenoxy) is 2. The lowest BCUT2D eigenvalue weighted by Crippen LogP contribution is -2.41. The molecule has 0 unspecified atom stereocenters. The summed E-state index contributed by atoms with van der Waals surface area (Å²) in [5.74, 6) is 2.17. The molecule has 0 aliphatic carbocycles. The molecule has 0 saturated carbocycles. The van der Waals surface area contributed by atoms with Crippen LogP contribution in [0.15, 0.2) is 53.5 Å². The van der Waals surface area contributed by atoms with Gasteiger partial charge in [0.25, 0.3) is 5.91 Å². The zero-order chi connectivity index (χ0) is 21.6. The quantitative estimate of drug-likeness (QED) is 0.177. The molecule has 170 valence electrons. The standard InChI is InChI=1S/C23H32N4O3.HI/c1-4-30-21-17-18(12-13-20(21)29-3)9-8-14-26-23(24-2)27-16-15-25-22(28)19-10-6-5-7-11-19;/h5-7,10-13,17H,4,8-9,14-16H2,1-3H3,(H,25,28)(H2,24,26,27);1H. The van der Waals surface area contributed by atoms with Gasteiger partial charge < -0.3 is 25.4 Å². The fraction of sp³-hybridized carbons (Fsp3) is 0.391. The number of hydrogen-bond donors (Lipinski definition) is 3. The lowest BCUT2D eigenvalue weighted by atomic mass is 10.1. The normalized spacial score (nSPS) is 10.6. The topological polar surface area (TPSA) is 84.0 Å². The fourth-order valence-corrected chi connectivity index (χ4v) is 2.91. The van der Waals surface area contributed by atoms with E-state index < -0.39 is 0 Å². The summed E-state index contributed by atoms with van der Waals surface area (Å²) in [7, 11) is 3.38. The van der Waals surface area contributed by atoms with Crippen molar-refractivity contribution in [2.45, 2.75) is 19.8 Å². The Morgan fingerprint density at radius 2 is 1.68 bits per heavy atom. The Labute approximate surface area is 202 Å². The third-order valence-corrected chi connectivity index (χ3v) is 4.43. The maximum Gasteiger partial charge on any atom is 0.251 e. The number of aliphatic imine (C=N–C) groups is 1. The van der Waals surface area contributed by atoms with Gasteiger partial charge in [-0.1, -0.05) is 24.3 Å². The molecule has 2 aromatic rings. The van der Waals surface area contributed by atoms with Crippen LogP contribution in [0.1, 0.15) is 29.3 Å². The van der Waals surface area contributed by atoms with Gasteiger partial charge in [0.1, 0.15) is 0 Å². The van der Waals surface area contributed by atoms with Gasteiger partial charge in [-0.05, 0) is 49.6 Å². The van der Waals surface area contributed by atoms with Gasteiger partial charge in [-0.15, -0.1) is 24.0 Å². The maximum atomic E-state index is 12.0. The van der Waals surface area contributed by atoms with Crippen LogP contribution in [-0.2, 0) is 6.42 Å². The number of amides is 1. The number of rotatable bonds is 11. The molecule has 3 N–H and O–H groups in total. The highest BCUT2D eigenvalue weighted by Gasteiger charge is 2.06. The van der Waals surface area contributed by atoms with Crippen molar-refractivity contribution in [2.75, 3.05) is 40.4 Å². The summed E-state index contributed by atoms with van der Waals surface area (Å²) in [6, 6.07) is 15.2. The van der Waals surface area contributed by atoms with Crippen LogP contribution in [0.4, 0.5) is 0 Å². The average Bonchev–Trinajstić information content (AvgIpc) is 2.78. The van der Waals surface area contributed by atoms with Crippen molar-refractivity contribution in [1.82, 2.24) is 16.0 Å². The number of nitrogens with one attached hydrogen (secondary N) is 3. The summed E-state index contributed by atoms with van der Waals surface area (Å²) in [5, 5.41) is 9.38. The predicted molar refractivity (Wildman–Crippen MR) is 136 cm³/mol. The smallest absolute Gasteiger partial charge is 0.251 e. The minimum Gasteiger partial charge on any atom is -0.493 e. The zero-order valence-corrected chi connectivity index (χ0v) is 20.8. The molecule has 0 aliphatic heterocycles. The maximum absolute atomic E-state index is 12.0. The van der Waals surface area contributed by atoms with Gasteiger partial charge in [-0.3, -0.25) is 9.79 Å². The molecule has 0 fully saturated rings. The highest BCUT2D eigenvalue weighted by molar-refractivity contribution is 14.0. The first kappa shape index (κ1) is 26.5. The van der Waals surface area contributed by atoms with Gasteiger partial charge in [0.2, 0.25) is 0 Å². The van der Waals surface area contributed by atoms with Crippen LogP contribution in [0.3, 0.4) is 0 Å². The predicted octanol–water partition coefficient (Wildman–Crippen LogP) is 3.24. The molecule has 0 atom stereocenters. The molecular weight excluding hydrogens is 507 g/mol. The Kier molecular flexibility index (Phi) is 13.1. The van der Waals surface area contributed by atoms with Crippen LogP contribution in [0, 0.1) is 0 Å². The van der Waals surface area contributed by atoms with Crippen LogP contribution < -0.4 is 25.4 Å². The van der Waals surface area contributed by atoms with E-state index in [4.69, 9.17) is 9.47 Å². The molecule has 0 aliphatic rings. The van der Waals surface area contributed by atoms with Gasteiger partial charge >= 0.3 is 0 Å². The second-order valence-electron chi connectivity index (χ2n) is 6.57. The molecule has 0 aromatic heterocycles. The summed E-state index contributed by atoms with van der Waals surface area (Å²) in [5.41, 5.74) is 1.86. The van der Waals surface area contributed by atoms with Crippen LogP contribution in [0.25, 0.3) is 0 Å². The number of carbonyl (C=O) groups excluding carboxylic acids is 1. The van der Waals surface area contributed by atoms with Crippen molar-refractivity contribution in [3.8, 4) is 11.5 Å². The lowest BCUT2D eigenvalue weighted by molar-refractivity contribution is 0.0954. The number of guanidine groups is 1. The van der Waals surface area contributed by atoms with Crippen LogP contribution in [0.5, 0.6) is 11.5 Å². The van der Waals surface area contributed by atoms with Gasteiger partial charge in [0.15, 0.2) is 17.5 Å². The van der Waals surface area contributed by atoms with Crippen LogP contribution in [0.2, 0.25) is 0 Å². The molecule has 0 radical (unpaired) electrons. The minimum atomic E-state index is -0.0775. The summed E-state index contributed by atoms with van der Waals surface area (Å²) in [6.07, 6.45) is 1.87. The molecule has 2 aromatic carbocycles. The van der Waals surface area contributed by atoms with E-state index in [1.165, 1.54) is 5.56 Å². The van der Waals surface area contributed by atoms with Crippen LogP contribution >= 0.6 is 24.0 Å². The van der Waals surface area contributed by atoms with E-state index in [9.17, 15) is 4.79 Å². The molecule has 31 heavy (non-hydrogen) atoms. The summed E-state index contributed by atoms with van der Waals surface area (Å²) < 4.78 is 11.0. The SMILES string of the molecule is CCOc1cc(CCCNC(=NC)NCCNC(=O)c2ccccc2)ccc1OC.I. The molecule has 1 amide bonds. The van der Waals surface area contributed by atoms with Crippen molar-refractivity contribution in [3.63, 3.8) is 0 Å². The van der Waals surface area contributed by atoms with Gasteiger partial charge in [-0.25, -0.2) is 0 Å². The number of carbonyl (C=O) groups is 1. The second kappa shape index (κ2) is 15.3. The average molecular weight is 540 g/mol. The third kappa shape index (κ3) is 9.46. The van der Waals surface area contributed by atoms with Crippen molar-refractivity contribution >= 4 is 35.8 Å². The Morgan fingerprint density at radius 3 is 2.35 bits per heavy atom. The van der Waals surface area contributed by atoms with Crippen LogP contribution in [-0.4, -0.2) is 52.3 Å². The number of hydrogen-bond acceptors (Lipinski definition) is 4. The lowest BCUT2D eigenvalue weighted by Gasteiger charge is -2.13. The first-order valence-corrected chi connectivity index (χ1v) is 10.3. The number of aryl methyl sites for hydroxylation is 1. The van der Waals surface area contributed by atoms with Gasteiger partial charge in [0.05, 0.1) is 13.7 Å². The zero-order valence-electron chi connectivity index (χ0n) is 18.4. The van der Waals surface area contributed by atoms with E-state index in [0.717, 1.165) is 30.9 Å². The molecule has 2 rings (SSSR count). The van der Waals surface area contributed by atoms with Crippen molar-refractivity contribution in [2.24, 2.45) is 4.99 Å². The Balaban J connectivity index is 0.00000480. The first-order chi connectivity index (χ1) is 14.7. The highest BCUT2D eigenvalue weighted by atomic mass is 127. The number of methoxy groups -OCH3 is 1. The van der Waals surface area contributed by atoms with Crippen molar-refractivity contribution in [3.05, 3.63) is 59.7 Å². The summed E-state index contributed by atoms with van der Waals surface area (Å²) >= 11 is 0. The summed E-state index contributed by atoms with van der Waals surface area (Å²) in [4.78, 5) is 16.2. The second-order valence-corrected chi connectivity index (χ2v) is 6.57. The first-order valence-electron chi connectivity index (χ1n) is 10.3. The van der Waals surface area contributed by atoms with E-state index >= 15 is 0 Å². The largest absolute Gasteiger partial charge is 0.493 e. The van der Waals surface area contributed by atoms with E-state index in [1.807, 2.05) is 37.3 Å². The Bertz CT molecular complexity index is 816. The Hall–Kier alpha value is -2.49. The van der Waals surface area contributed by atoms with E-state index in [-0.39, 0.29) is 29.9 Å². The molecule has 0 spiro atoms. The third-order valence-electron chi connectivity index (χ3n) is 4.43. The number of halogens is 1. The molecule has 0 saturated heterocycles. The molecule has 0 bridgehead atoms. The van der Waals surface area contributed by atoms with Crippen molar-refractivity contribution < 1.29 is 14.3 Å². The fourth-order valence-electron chi connectivity index (χ4n) is 2.91.